The van der Waals surface area contributed by atoms with Gasteiger partial charge >= 0.3 is 11.9 Å². The summed E-state index contributed by atoms with van der Waals surface area (Å²) in [7, 11) is 3.92. The number of rotatable bonds is 5. The summed E-state index contributed by atoms with van der Waals surface area (Å²) in [5.74, 6) is -1.68. The molecule has 0 unspecified atom stereocenters. The predicted octanol–water partition coefficient (Wildman–Crippen LogP) is 0.996. The van der Waals surface area contributed by atoms with Crippen molar-refractivity contribution in [3.63, 3.8) is 0 Å². The second kappa shape index (κ2) is 7.82. The zero-order chi connectivity index (χ0) is 16.7. The van der Waals surface area contributed by atoms with Crippen molar-refractivity contribution in [1.29, 1.82) is 0 Å². The lowest BCUT2D eigenvalue weighted by molar-refractivity contribution is -0.138. The van der Waals surface area contributed by atoms with Crippen molar-refractivity contribution >= 4 is 23.5 Å². The van der Waals surface area contributed by atoms with Crippen molar-refractivity contribution in [2.45, 2.75) is 6.92 Å². The molecule has 1 rings (SSSR count). The molecule has 0 saturated carbocycles. The average molecular weight is 306 g/mol. The van der Waals surface area contributed by atoms with E-state index >= 15 is 0 Å². The number of benzene rings is 1. The molecule has 7 nitrogen and oxygen atoms in total. The van der Waals surface area contributed by atoms with Crippen LogP contribution in [0.25, 0.3) is 0 Å². The molecule has 1 aromatic rings. The summed E-state index contributed by atoms with van der Waals surface area (Å²) in [6.45, 7) is 1.72. The molecule has 0 spiro atoms. The molecule has 22 heavy (non-hydrogen) atoms. The van der Waals surface area contributed by atoms with Gasteiger partial charge in [0.2, 0.25) is 0 Å². The number of hydrogen-bond acceptors (Lipinski definition) is 6. The highest BCUT2D eigenvalue weighted by Gasteiger charge is 2.16. The summed E-state index contributed by atoms with van der Waals surface area (Å²) >= 11 is 0. The third-order valence-corrected chi connectivity index (χ3v) is 2.94. The molecule has 0 aliphatic carbocycles. The molecule has 0 saturated heterocycles. The fourth-order valence-corrected chi connectivity index (χ4v) is 1.73. The molecule has 1 amide bonds. The molecule has 7 heteroatoms. The number of ether oxygens (including phenoxy) is 2. The summed E-state index contributed by atoms with van der Waals surface area (Å²) in [6, 6.07) is 4.99. The van der Waals surface area contributed by atoms with Gasteiger partial charge in [-0.05, 0) is 24.6 Å². The van der Waals surface area contributed by atoms with Crippen LogP contribution in [-0.4, -0.2) is 39.1 Å². The molecule has 1 aromatic carbocycles. The van der Waals surface area contributed by atoms with E-state index in [1.807, 2.05) is 0 Å². The molecule has 0 atom stereocenters. The first-order chi connectivity index (χ1) is 10.4. The van der Waals surface area contributed by atoms with E-state index in [-0.39, 0.29) is 11.6 Å². The molecular weight excluding hydrogens is 288 g/mol. The maximum Gasteiger partial charge on any atom is 0.354 e. The van der Waals surface area contributed by atoms with Gasteiger partial charge in [-0.2, -0.15) is 0 Å². The Kier molecular flexibility index (Phi) is 6.12. The van der Waals surface area contributed by atoms with Crippen molar-refractivity contribution < 1.29 is 23.9 Å². The van der Waals surface area contributed by atoms with Gasteiger partial charge in [0.05, 0.1) is 20.3 Å². The van der Waals surface area contributed by atoms with E-state index in [1.54, 1.807) is 25.1 Å². The fourth-order valence-electron chi connectivity index (χ4n) is 1.73. The highest BCUT2D eigenvalue weighted by atomic mass is 16.5. The summed E-state index contributed by atoms with van der Waals surface area (Å²) < 4.78 is 9.11. The van der Waals surface area contributed by atoms with E-state index in [4.69, 9.17) is 0 Å². The van der Waals surface area contributed by atoms with E-state index in [1.165, 1.54) is 21.3 Å². The van der Waals surface area contributed by atoms with Gasteiger partial charge in [-0.25, -0.2) is 9.59 Å². The van der Waals surface area contributed by atoms with E-state index < -0.39 is 11.9 Å². The van der Waals surface area contributed by atoms with Crippen LogP contribution in [0.5, 0.6) is 0 Å². The quantitative estimate of drug-likeness (QED) is 0.622. The highest BCUT2D eigenvalue weighted by molar-refractivity contribution is 6.00. The van der Waals surface area contributed by atoms with Crippen LogP contribution in [0, 0.1) is 6.92 Å². The van der Waals surface area contributed by atoms with Crippen LogP contribution >= 0.6 is 0 Å². The molecule has 0 aliphatic rings. The molecule has 0 fully saturated rings. The predicted molar refractivity (Wildman–Crippen MR) is 80.3 cm³/mol. The fraction of sp³-hybridized carbons (Fsp3) is 0.267. The number of amides is 1. The first kappa shape index (κ1) is 17.2. The summed E-state index contributed by atoms with van der Waals surface area (Å²) in [5, 5.41) is 5.32. The number of nitrogens with one attached hydrogen (secondary N) is 2. The van der Waals surface area contributed by atoms with Crippen LogP contribution in [-0.2, 0) is 19.1 Å². The smallest absolute Gasteiger partial charge is 0.354 e. The lowest BCUT2D eigenvalue weighted by Crippen LogP contribution is -2.20. The maximum absolute atomic E-state index is 11.8. The van der Waals surface area contributed by atoms with Crippen molar-refractivity contribution in [3.8, 4) is 0 Å². The second-order valence-corrected chi connectivity index (χ2v) is 4.26. The number of methoxy groups -OCH3 is 2. The largest absolute Gasteiger partial charge is 0.466 e. The van der Waals surface area contributed by atoms with E-state index in [2.05, 4.69) is 20.1 Å². The zero-order valence-corrected chi connectivity index (χ0v) is 12.9. The van der Waals surface area contributed by atoms with Crippen LogP contribution in [0.4, 0.5) is 5.69 Å². The van der Waals surface area contributed by atoms with Gasteiger partial charge in [-0.3, -0.25) is 4.79 Å². The Balaban J connectivity index is 3.19. The minimum Gasteiger partial charge on any atom is -0.466 e. The van der Waals surface area contributed by atoms with Crippen molar-refractivity contribution in [1.82, 2.24) is 5.32 Å². The van der Waals surface area contributed by atoms with Crippen molar-refractivity contribution in [2.75, 3.05) is 26.6 Å². The Morgan fingerprint density at radius 2 is 1.82 bits per heavy atom. The van der Waals surface area contributed by atoms with Gasteiger partial charge in [-0.1, -0.05) is 6.07 Å². The van der Waals surface area contributed by atoms with E-state index in [0.717, 1.165) is 6.08 Å². The Morgan fingerprint density at radius 1 is 1.14 bits per heavy atom. The first-order valence-electron chi connectivity index (χ1n) is 6.41. The normalized spacial score (nSPS) is 10.6. The molecule has 0 heterocycles. The lowest BCUT2D eigenvalue weighted by atomic mass is 10.1. The molecule has 2 N–H and O–H groups in total. The third-order valence-electron chi connectivity index (χ3n) is 2.94. The van der Waals surface area contributed by atoms with Crippen LogP contribution in [0.2, 0.25) is 0 Å². The van der Waals surface area contributed by atoms with Crippen molar-refractivity contribution in [3.05, 3.63) is 41.1 Å². The summed E-state index contributed by atoms with van der Waals surface area (Å²) in [5.41, 5.74) is 1.49. The van der Waals surface area contributed by atoms with Crippen molar-refractivity contribution in [2.24, 2.45) is 0 Å². The number of carbonyl (C=O) groups excluding carboxylic acids is 3. The van der Waals surface area contributed by atoms with Gasteiger partial charge in [0.15, 0.2) is 0 Å². The number of carbonyl (C=O) groups is 3. The molecule has 0 bridgehead atoms. The van der Waals surface area contributed by atoms with Gasteiger partial charge < -0.3 is 20.1 Å². The molecule has 0 radical (unpaired) electrons. The SMILES string of the molecule is CNC(=O)c1cccc(N/C(=C/C(=O)OC)C(=O)OC)c1C. The monoisotopic (exact) mass is 306 g/mol. The number of anilines is 1. The zero-order valence-electron chi connectivity index (χ0n) is 12.9. The standard InChI is InChI=1S/C15H18N2O5/c1-9-10(14(19)16-2)6-5-7-11(9)17-12(15(20)22-4)8-13(18)21-3/h5-8,17H,1-4H3,(H,16,19)/b12-8+. The summed E-state index contributed by atoms with van der Waals surface area (Å²) in [6.07, 6.45) is 0.984. The van der Waals surface area contributed by atoms with E-state index in [9.17, 15) is 14.4 Å². The van der Waals surface area contributed by atoms with Crippen LogP contribution in [0.15, 0.2) is 30.0 Å². The second-order valence-electron chi connectivity index (χ2n) is 4.26. The van der Waals surface area contributed by atoms with Gasteiger partial charge in [0.1, 0.15) is 5.70 Å². The molecule has 0 aliphatic heterocycles. The van der Waals surface area contributed by atoms with Gasteiger partial charge in [0.25, 0.3) is 5.91 Å². The minimum atomic E-state index is -0.727. The van der Waals surface area contributed by atoms with E-state index in [0.29, 0.717) is 16.8 Å². The number of hydrogen-bond donors (Lipinski definition) is 2. The Bertz CT molecular complexity index is 622. The Hall–Kier alpha value is -2.83. The average Bonchev–Trinajstić information content (AvgIpc) is 2.54. The lowest BCUT2D eigenvalue weighted by Gasteiger charge is -2.13. The molecule has 0 aromatic heterocycles. The number of esters is 2. The van der Waals surface area contributed by atoms with Crippen LogP contribution in [0.1, 0.15) is 15.9 Å². The first-order valence-corrected chi connectivity index (χ1v) is 6.41. The molecule has 118 valence electrons. The minimum absolute atomic E-state index is 0.0912. The van der Waals surface area contributed by atoms with Crippen LogP contribution < -0.4 is 10.6 Å². The summed E-state index contributed by atoms with van der Waals surface area (Å²) in [4.78, 5) is 34.8. The van der Waals surface area contributed by atoms with Crippen LogP contribution in [0.3, 0.4) is 0 Å². The Labute approximate surface area is 128 Å². The maximum atomic E-state index is 11.8. The Morgan fingerprint density at radius 3 is 2.36 bits per heavy atom. The topological polar surface area (TPSA) is 93.7 Å². The molecular formula is C15H18N2O5. The highest BCUT2D eigenvalue weighted by Crippen LogP contribution is 2.21. The van der Waals surface area contributed by atoms with Gasteiger partial charge in [-0.15, -0.1) is 0 Å². The van der Waals surface area contributed by atoms with Gasteiger partial charge in [0, 0.05) is 18.3 Å². The third kappa shape index (κ3) is 4.08.